The maximum atomic E-state index is 9.83. The molecule has 0 bridgehead atoms. The van der Waals surface area contributed by atoms with E-state index < -0.39 is 21.9 Å². The molecule has 7 heavy (non-hydrogen) atoms. The van der Waals surface area contributed by atoms with Crippen LogP contribution >= 0.6 is 0 Å². The molecule has 0 aliphatic rings. The van der Waals surface area contributed by atoms with Crippen molar-refractivity contribution in [3.05, 3.63) is 5.21 Å². The number of halogens is 1. The average Bonchev–Trinajstić information content (AvgIpc) is 1.68. The third-order valence-electron chi connectivity index (χ3n) is 0.179. The van der Waals surface area contributed by atoms with Crippen LogP contribution < -0.4 is 33.7 Å². The van der Waals surface area contributed by atoms with Crippen molar-refractivity contribution >= 4 is 0 Å². The van der Waals surface area contributed by atoms with Gasteiger partial charge < -0.3 is 0 Å². The summed E-state index contributed by atoms with van der Waals surface area (Å²) in [4.78, 5) is 3.61. The number of nitrogens with two attached hydrogens (primary N) is 2. The van der Waals surface area contributed by atoms with Crippen LogP contribution in [0, 0.1) is 5.21 Å². The van der Waals surface area contributed by atoms with E-state index in [1.54, 1.807) is 0 Å². The Morgan fingerprint density at radius 2 is 2.14 bits per heavy atom. The van der Waals surface area contributed by atoms with Gasteiger partial charge in [-0.15, -0.1) is 0 Å². The molecule has 6 nitrogen and oxygen atoms in total. The predicted octanol–water partition coefficient (Wildman–Crippen LogP) is -4.60. The Hall–Kier alpha value is 0.490. The van der Waals surface area contributed by atoms with Gasteiger partial charge in [0.2, 0.25) is 0 Å². The van der Waals surface area contributed by atoms with Crippen molar-refractivity contribution in [3.8, 4) is 0 Å². The Balaban J connectivity index is 2.83. The van der Waals surface area contributed by atoms with E-state index in [0.29, 0.717) is 0 Å². The number of hydrogen-bond donors (Lipinski definition) is 2. The minimum absolute atomic E-state index is 0.0961. The van der Waals surface area contributed by atoms with Gasteiger partial charge in [-0.05, 0) is 0 Å². The molecule has 0 spiro atoms. The van der Waals surface area contributed by atoms with Crippen LogP contribution in [0.15, 0.2) is 0 Å². The Bertz CT molecular complexity index is 41.2. The van der Waals surface area contributed by atoms with Crippen LogP contribution in [0.3, 0.4) is 0 Å². The van der Waals surface area contributed by atoms with Crippen LogP contribution in [-0.2, 0) is 8.11 Å². The zero-order valence-electron chi connectivity index (χ0n) is 3.20. The topological polar surface area (TPSA) is 96.8 Å². The van der Waals surface area contributed by atoms with Crippen LogP contribution in [0.2, 0.25) is 0 Å². The molecule has 0 aromatic rings. The first-order chi connectivity index (χ1) is 3.31. The maximum absolute atomic E-state index is 9.83. The molecule has 0 heterocycles. The van der Waals surface area contributed by atoms with Crippen molar-refractivity contribution in [2.24, 2.45) is 11.8 Å². The molecule has 0 aromatic carbocycles. The van der Waals surface area contributed by atoms with Crippen molar-refractivity contribution in [3.63, 3.8) is 0 Å². The van der Waals surface area contributed by atoms with E-state index in [2.05, 4.69) is 19.9 Å². The molecule has 7 heteroatoms. The molecule has 46 valence electrons. The number of nitrogens with zero attached hydrogens (tertiary/aromatic N) is 1. The summed E-state index contributed by atoms with van der Waals surface area (Å²) in [7, 11) is 0. The summed E-state index contributed by atoms with van der Waals surface area (Å²) in [6.45, 7) is 0. The molecule has 0 saturated heterocycles. The van der Waals surface area contributed by atoms with E-state index >= 15 is 0 Å². The molecule has 0 radical (unpaired) electrons. The molecule has 4 N–H and O–H groups in total. The van der Waals surface area contributed by atoms with Crippen LogP contribution in [0.25, 0.3) is 0 Å². The molecule has 0 aliphatic carbocycles. The van der Waals surface area contributed by atoms with Crippen LogP contribution in [-0.4, -0.2) is 3.44 Å². The van der Waals surface area contributed by atoms with E-state index in [9.17, 15) is 5.21 Å². The summed E-state index contributed by atoms with van der Waals surface area (Å²) >= 11 is -1.23. The molecule has 0 fully saturated rings. The standard InChI is InChI=1S/H4IN3O3/c2-6-1-4(5)7-3/h2-3H2/q-2. The molecular weight excluding hydrogens is 217 g/mol. The quantitative estimate of drug-likeness (QED) is 0.283. The van der Waals surface area contributed by atoms with Crippen molar-refractivity contribution in [1.82, 2.24) is 3.44 Å². The van der Waals surface area contributed by atoms with E-state index in [4.69, 9.17) is 0 Å². The van der Waals surface area contributed by atoms with Gasteiger partial charge in [-0.1, -0.05) is 0 Å². The molecule has 0 aliphatic heterocycles. The Morgan fingerprint density at radius 3 is 2.29 bits per heavy atom. The van der Waals surface area contributed by atoms with Gasteiger partial charge in [0, 0.05) is 0 Å². The summed E-state index contributed by atoms with van der Waals surface area (Å²) in [5.41, 5.74) is 0. The van der Waals surface area contributed by atoms with E-state index in [0.717, 1.165) is 0 Å². The number of rotatable bonds is 3. The van der Waals surface area contributed by atoms with Crippen molar-refractivity contribution < 1.29 is 30.0 Å². The second-order valence-corrected chi connectivity index (χ2v) is 2.17. The van der Waals surface area contributed by atoms with Crippen LogP contribution in [0.4, 0.5) is 0 Å². The third-order valence-corrected chi connectivity index (χ3v) is 0.956. The van der Waals surface area contributed by atoms with E-state index in [1.165, 1.54) is 0 Å². The van der Waals surface area contributed by atoms with Crippen molar-refractivity contribution in [1.29, 1.82) is 0 Å². The molecule has 0 rings (SSSR count). The number of hydrogen-bond acceptors (Lipinski definition) is 6. The normalized spacial score (nSPS) is 10.9. The molecule has 0 saturated carbocycles. The fourth-order valence-electron chi connectivity index (χ4n) is 0.0488. The zero-order chi connectivity index (χ0) is 5.70. The summed E-state index contributed by atoms with van der Waals surface area (Å²) in [5, 5.41) is 9.83. The van der Waals surface area contributed by atoms with Gasteiger partial charge in [-0.25, -0.2) is 0 Å². The molecular formula is H4IN3O3-2. The fraction of sp³-hybridized carbons (Fsp3) is 0. The van der Waals surface area contributed by atoms with Gasteiger partial charge in [0.1, 0.15) is 0 Å². The van der Waals surface area contributed by atoms with Gasteiger partial charge in [0.25, 0.3) is 0 Å². The summed E-state index contributed by atoms with van der Waals surface area (Å²) in [6.07, 6.45) is 0. The average molecular weight is 221 g/mol. The van der Waals surface area contributed by atoms with Crippen LogP contribution in [0.5, 0.6) is 0 Å². The zero-order valence-corrected chi connectivity index (χ0v) is 5.36. The molecule has 0 aromatic heterocycles. The fourth-order valence-corrected chi connectivity index (χ4v) is 0.327. The second-order valence-electron chi connectivity index (χ2n) is 0.476. The Morgan fingerprint density at radius 1 is 1.57 bits per heavy atom. The van der Waals surface area contributed by atoms with Gasteiger partial charge in [0.15, 0.2) is 0 Å². The van der Waals surface area contributed by atoms with Gasteiger partial charge >= 0.3 is 50.4 Å². The van der Waals surface area contributed by atoms with E-state index in [-0.39, 0.29) is 3.44 Å². The Labute approximate surface area is 50.9 Å². The summed E-state index contributed by atoms with van der Waals surface area (Å²) < 4.78 is 4.01. The first-order valence-electron chi connectivity index (χ1n) is 1.16. The van der Waals surface area contributed by atoms with Gasteiger partial charge in [-0.2, -0.15) is 0 Å². The second kappa shape index (κ2) is 4.64. The van der Waals surface area contributed by atoms with Crippen LogP contribution in [0.1, 0.15) is 0 Å². The van der Waals surface area contributed by atoms with Crippen molar-refractivity contribution in [2.75, 3.05) is 0 Å². The first-order valence-corrected chi connectivity index (χ1v) is 3.01. The SMILES string of the molecule is NO[I-]N([O-])ON. The summed E-state index contributed by atoms with van der Waals surface area (Å²) in [6, 6.07) is 0. The minimum atomic E-state index is -1.23. The first kappa shape index (κ1) is 7.49. The Kier molecular flexibility index (Phi) is 4.97. The molecule has 0 atom stereocenters. The third kappa shape index (κ3) is 4.34. The monoisotopic (exact) mass is 221 g/mol. The van der Waals surface area contributed by atoms with Crippen molar-refractivity contribution in [2.45, 2.75) is 0 Å². The van der Waals surface area contributed by atoms with E-state index in [1.807, 2.05) is 0 Å². The van der Waals surface area contributed by atoms with Gasteiger partial charge in [-0.3, -0.25) is 0 Å². The van der Waals surface area contributed by atoms with Gasteiger partial charge in [0.05, 0.1) is 0 Å². The molecule has 0 amide bonds. The molecule has 0 unspecified atom stereocenters. The summed E-state index contributed by atoms with van der Waals surface area (Å²) in [5.74, 6) is 8.84. The predicted molar refractivity (Wildman–Crippen MR) is 15.8 cm³/mol.